The Morgan fingerprint density at radius 2 is 1.90 bits per heavy atom. The van der Waals surface area contributed by atoms with Crippen LogP contribution in [0.1, 0.15) is 12.0 Å². The maximum absolute atomic E-state index is 5.74. The van der Waals surface area contributed by atoms with Crippen LogP contribution >= 0.6 is 15.9 Å². The minimum absolute atomic E-state index is 0.461. The van der Waals surface area contributed by atoms with Crippen LogP contribution in [0.5, 0.6) is 11.5 Å². The number of ether oxygens (including phenoxy) is 4. The van der Waals surface area contributed by atoms with Gasteiger partial charge in [-0.25, -0.2) is 0 Å². The fraction of sp³-hybridized carbons (Fsp3) is 0.571. The van der Waals surface area contributed by atoms with Crippen molar-refractivity contribution in [3.63, 3.8) is 0 Å². The maximum Gasteiger partial charge on any atom is 0.175 e. The number of hydrogen-bond donors (Lipinski definition) is 1. The Morgan fingerprint density at radius 1 is 1.10 bits per heavy atom. The molecular formula is C14H22BrNO4. The average molecular weight is 348 g/mol. The third kappa shape index (κ3) is 5.66. The molecule has 6 heteroatoms. The van der Waals surface area contributed by atoms with Gasteiger partial charge in [-0.3, -0.25) is 0 Å². The van der Waals surface area contributed by atoms with Crippen LogP contribution in [0.25, 0.3) is 0 Å². The molecule has 0 spiro atoms. The van der Waals surface area contributed by atoms with Crippen molar-refractivity contribution in [2.24, 2.45) is 5.73 Å². The van der Waals surface area contributed by atoms with E-state index < -0.39 is 0 Å². The van der Waals surface area contributed by atoms with Crippen LogP contribution in [0.15, 0.2) is 16.6 Å². The molecule has 0 unspecified atom stereocenters. The molecule has 2 N–H and O–H groups in total. The van der Waals surface area contributed by atoms with Gasteiger partial charge in [0.15, 0.2) is 11.5 Å². The van der Waals surface area contributed by atoms with E-state index >= 15 is 0 Å². The van der Waals surface area contributed by atoms with Crippen LogP contribution in [0.2, 0.25) is 0 Å². The Balaban J connectivity index is 2.43. The van der Waals surface area contributed by atoms with Crippen LogP contribution in [-0.2, 0) is 16.0 Å². The smallest absolute Gasteiger partial charge is 0.175 e. The normalized spacial score (nSPS) is 10.6. The predicted octanol–water partition coefficient (Wildman–Crippen LogP) is 2.35. The van der Waals surface area contributed by atoms with Gasteiger partial charge in [0.2, 0.25) is 0 Å². The number of halogens is 1. The van der Waals surface area contributed by atoms with Crippen molar-refractivity contribution in [1.82, 2.24) is 0 Å². The summed E-state index contributed by atoms with van der Waals surface area (Å²) in [5, 5.41) is 0. The van der Waals surface area contributed by atoms with Crippen LogP contribution in [0, 0.1) is 0 Å². The van der Waals surface area contributed by atoms with Crippen molar-refractivity contribution < 1.29 is 18.9 Å². The predicted molar refractivity (Wildman–Crippen MR) is 81.4 cm³/mol. The summed E-state index contributed by atoms with van der Waals surface area (Å²) < 4.78 is 22.2. The van der Waals surface area contributed by atoms with Crippen LogP contribution < -0.4 is 15.2 Å². The topological polar surface area (TPSA) is 62.9 Å². The van der Waals surface area contributed by atoms with E-state index in [1.165, 1.54) is 0 Å². The van der Waals surface area contributed by atoms with E-state index in [1.807, 2.05) is 12.1 Å². The second-order valence-corrected chi connectivity index (χ2v) is 4.97. The summed E-state index contributed by atoms with van der Waals surface area (Å²) in [6.45, 7) is 2.88. The quantitative estimate of drug-likeness (QED) is 0.658. The highest BCUT2D eigenvalue weighted by Crippen LogP contribution is 2.36. The lowest BCUT2D eigenvalue weighted by Gasteiger charge is -2.14. The number of hydrogen-bond acceptors (Lipinski definition) is 5. The summed E-state index contributed by atoms with van der Waals surface area (Å²) in [5.74, 6) is 1.38. The molecule has 0 aliphatic rings. The number of benzene rings is 1. The summed E-state index contributed by atoms with van der Waals surface area (Å²) in [5.41, 5.74) is 6.62. The molecule has 0 amide bonds. The molecule has 0 aliphatic carbocycles. The number of rotatable bonds is 10. The van der Waals surface area contributed by atoms with Crippen molar-refractivity contribution >= 4 is 15.9 Å². The molecule has 114 valence electrons. The molecule has 0 aromatic heterocycles. The van der Waals surface area contributed by atoms with Crippen molar-refractivity contribution in [3.05, 3.63) is 22.2 Å². The zero-order valence-electron chi connectivity index (χ0n) is 12.0. The second kappa shape index (κ2) is 9.99. The van der Waals surface area contributed by atoms with Crippen molar-refractivity contribution in [2.75, 3.05) is 40.6 Å². The van der Waals surface area contributed by atoms with Gasteiger partial charge >= 0.3 is 0 Å². The monoisotopic (exact) mass is 347 g/mol. The summed E-state index contributed by atoms with van der Waals surface area (Å²) in [7, 11) is 3.27. The summed E-state index contributed by atoms with van der Waals surface area (Å²) in [6.07, 6.45) is 0.804. The van der Waals surface area contributed by atoms with Gasteiger partial charge in [-0.05, 0) is 33.6 Å². The molecule has 0 aliphatic heterocycles. The van der Waals surface area contributed by atoms with Gasteiger partial charge in [-0.1, -0.05) is 0 Å². The van der Waals surface area contributed by atoms with E-state index in [0.29, 0.717) is 44.5 Å². The Bertz CT molecular complexity index is 401. The third-order valence-electron chi connectivity index (χ3n) is 2.64. The van der Waals surface area contributed by atoms with Gasteiger partial charge in [0, 0.05) is 26.7 Å². The minimum Gasteiger partial charge on any atom is -0.493 e. The molecule has 0 bridgehead atoms. The van der Waals surface area contributed by atoms with Gasteiger partial charge in [0.05, 0.1) is 31.4 Å². The lowest BCUT2D eigenvalue weighted by atomic mass is 10.2. The molecule has 0 heterocycles. The first-order valence-electron chi connectivity index (χ1n) is 6.48. The first-order chi connectivity index (χ1) is 9.72. The lowest BCUT2D eigenvalue weighted by Crippen LogP contribution is -2.07. The molecule has 0 saturated heterocycles. The first kappa shape index (κ1) is 17.2. The average Bonchev–Trinajstić information content (AvgIpc) is 2.47. The number of methoxy groups -OCH3 is 2. The van der Waals surface area contributed by atoms with Crippen LogP contribution in [0.3, 0.4) is 0 Å². The Hall–Kier alpha value is -0.820. The lowest BCUT2D eigenvalue weighted by molar-refractivity contribution is 0.0642. The largest absolute Gasteiger partial charge is 0.493 e. The molecule has 5 nitrogen and oxygen atoms in total. The molecule has 1 rings (SSSR count). The summed E-state index contributed by atoms with van der Waals surface area (Å²) in [6, 6.07) is 3.82. The van der Waals surface area contributed by atoms with Gasteiger partial charge < -0.3 is 24.7 Å². The molecule has 0 fully saturated rings. The molecule has 1 aromatic carbocycles. The zero-order chi connectivity index (χ0) is 14.8. The van der Waals surface area contributed by atoms with Gasteiger partial charge in [0.25, 0.3) is 0 Å². The van der Waals surface area contributed by atoms with Crippen LogP contribution in [-0.4, -0.2) is 40.6 Å². The van der Waals surface area contributed by atoms with Gasteiger partial charge in [-0.2, -0.15) is 0 Å². The highest BCUT2D eigenvalue weighted by atomic mass is 79.9. The molecule has 0 saturated carbocycles. The SMILES string of the molecule is COCCOCCCOc1c(Br)cc(CN)cc1OC. The van der Waals surface area contributed by atoms with Gasteiger partial charge in [0.1, 0.15) is 0 Å². The summed E-state index contributed by atoms with van der Waals surface area (Å²) in [4.78, 5) is 0. The van der Waals surface area contributed by atoms with E-state index in [4.69, 9.17) is 24.7 Å². The van der Waals surface area contributed by atoms with Crippen molar-refractivity contribution in [1.29, 1.82) is 0 Å². The molecule has 0 radical (unpaired) electrons. The van der Waals surface area contributed by atoms with E-state index in [-0.39, 0.29) is 0 Å². The third-order valence-corrected chi connectivity index (χ3v) is 3.23. The maximum atomic E-state index is 5.74. The van der Waals surface area contributed by atoms with Crippen molar-refractivity contribution in [3.8, 4) is 11.5 Å². The Kier molecular flexibility index (Phi) is 8.60. The first-order valence-corrected chi connectivity index (χ1v) is 7.28. The van der Waals surface area contributed by atoms with E-state index in [0.717, 1.165) is 16.5 Å². The van der Waals surface area contributed by atoms with Crippen LogP contribution in [0.4, 0.5) is 0 Å². The molecule has 0 atom stereocenters. The fourth-order valence-electron chi connectivity index (χ4n) is 1.61. The fourth-order valence-corrected chi connectivity index (χ4v) is 2.21. The molecule has 20 heavy (non-hydrogen) atoms. The Morgan fingerprint density at radius 3 is 2.55 bits per heavy atom. The van der Waals surface area contributed by atoms with Gasteiger partial charge in [-0.15, -0.1) is 0 Å². The minimum atomic E-state index is 0.461. The second-order valence-electron chi connectivity index (χ2n) is 4.12. The highest BCUT2D eigenvalue weighted by Gasteiger charge is 2.11. The van der Waals surface area contributed by atoms with Crippen molar-refractivity contribution in [2.45, 2.75) is 13.0 Å². The molecule has 1 aromatic rings. The van der Waals surface area contributed by atoms with E-state index in [9.17, 15) is 0 Å². The molecular weight excluding hydrogens is 326 g/mol. The zero-order valence-corrected chi connectivity index (χ0v) is 13.6. The number of nitrogens with two attached hydrogens (primary N) is 1. The van der Waals surface area contributed by atoms with E-state index in [2.05, 4.69) is 15.9 Å². The van der Waals surface area contributed by atoms with E-state index in [1.54, 1.807) is 14.2 Å². The highest BCUT2D eigenvalue weighted by molar-refractivity contribution is 9.10. The summed E-state index contributed by atoms with van der Waals surface area (Å²) >= 11 is 3.47. The standard InChI is InChI=1S/C14H22BrNO4/c1-17-6-7-19-4-3-5-20-14-12(15)8-11(10-16)9-13(14)18-2/h8-9H,3-7,10,16H2,1-2H3. The Labute approximate surface area is 128 Å².